The molecule has 0 saturated carbocycles. The molecule has 1 aromatic heterocycles. The predicted molar refractivity (Wildman–Crippen MR) is 149 cm³/mol. The van der Waals surface area contributed by atoms with Crippen LogP contribution in [0.3, 0.4) is 0 Å². The van der Waals surface area contributed by atoms with E-state index < -0.39 is 0 Å². The van der Waals surface area contributed by atoms with Crippen molar-refractivity contribution in [1.82, 2.24) is 15.6 Å². The van der Waals surface area contributed by atoms with Gasteiger partial charge >= 0.3 is 0 Å². The molecule has 37 heavy (non-hydrogen) atoms. The molecule has 1 amide bonds. The van der Waals surface area contributed by atoms with E-state index in [4.69, 9.17) is 27.9 Å². The maximum Gasteiger partial charge on any atom is 0.251 e. The Bertz CT molecular complexity index is 1290. The Labute approximate surface area is 229 Å². The summed E-state index contributed by atoms with van der Waals surface area (Å²) >= 11 is 12.8. The van der Waals surface area contributed by atoms with Gasteiger partial charge in [-0.05, 0) is 63.6 Å². The van der Waals surface area contributed by atoms with Crippen LogP contribution in [0.2, 0.25) is 10.0 Å². The first-order valence-electron chi connectivity index (χ1n) is 12.3. The van der Waals surface area contributed by atoms with Crippen molar-refractivity contribution < 1.29 is 9.53 Å². The number of hydrogen-bond acceptors (Lipinski definition) is 5. The molecule has 0 aliphatic heterocycles. The number of aromatic nitrogens is 1. The van der Waals surface area contributed by atoms with Gasteiger partial charge in [-0.3, -0.25) is 9.78 Å². The highest BCUT2D eigenvalue weighted by Gasteiger charge is 2.24. The standard InChI is InChI=1S/C29H32Cl2N4O2/c1-5-8-20(16-29(3,4)34-6-2)35-28(36)19-11-12-27(24(30)15-19)37-26-10-7-9-21(23(26)17-32)22-13-14-33-18-25(22)31/h7,9-15,18,20,34H,5-6,8,16H2,1-4H3,(H,35,36). The highest BCUT2D eigenvalue weighted by Crippen LogP contribution is 2.37. The number of hydrogen-bond donors (Lipinski definition) is 2. The SMILES string of the molecule is CCCC(CC(C)(C)NCC)NC(=O)c1ccc(Oc2cccc(-c3ccncc3Cl)c2C#N)c(Cl)c1. The molecular formula is C29H32Cl2N4O2. The van der Waals surface area contributed by atoms with Crippen LogP contribution in [-0.4, -0.2) is 29.0 Å². The molecule has 3 rings (SSSR count). The van der Waals surface area contributed by atoms with E-state index >= 15 is 0 Å². The van der Waals surface area contributed by atoms with E-state index in [-0.39, 0.29) is 22.5 Å². The van der Waals surface area contributed by atoms with E-state index in [2.05, 4.69) is 49.4 Å². The Morgan fingerprint density at radius 3 is 2.54 bits per heavy atom. The summed E-state index contributed by atoms with van der Waals surface area (Å²) in [4.78, 5) is 17.0. The Kier molecular flexibility index (Phi) is 9.93. The van der Waals surface area contributed by atoms with Gasteiger partial charge in [0.05, 0.1) is 10.0 Å². The van der Waals surface area contributed by atoms with E-state index in [0.29, 0.717) is 38.8 Å². The number of amides is 1. The highest BCUT2D eigenvalue weighted by molar-refractivity contribution is 6.33. The Morgan fingerprint density at radius 1 is 1.11 bits per heavy atom. The van der Waals surface area contributed by atoms with E-state index in [1.165, 1.54) is 6.20 Å². The summed E-state index contributed by atoms with van der Waals surface area (Å²) in [6, 6.07) is 14.1. The van der Waals surface area contributed by atoms with Crippen LogP contribution in [-0.2, 0) is 0 Å². The molecule has 194 valence electrons. The highest BCUT2D eigenvalue weighted by atomic mass is 35.5. The summed E-state index contributed by atoms with van der Waals surface area (Å²) in [5.74, 6) is 0.484. The fourth-order valence-corrected chi connectivity index (χ4v) is 4.84. The maximum atomic E-state index is 13.0. The average Bonchev–Trinajstić information content (AvgIpc) is 2.85. The van der Waals surface area contributed by atoms with Gasteiger partial charge in [-0.1, -0.05) is 55.6 Å². The number of nitrogens with one attached hydrogen (secondary N) is 2. The fraction of sp³-hybridized carbons (Fsp3) is 0.345. The minimum atomic E-state index is -0.189. The number of nitrogens with zero attached hydrogens (tertiary/aromatic N) is 2. The Balaban J connectivity index is 1.81. The third-order valence-electron chi connectivity index (χ3n) is 6.00. The summed E-state index contributed by atoms with van der Waals surface area (Å²) in [6.07, 6.45) is 5.79. The molecule has 0 aliphatic carbocycles. The Hall–Kier alpha value is -3.11. The summed E-state index contributed by atoms with van der Waals surface area (Å²) in [5.41, 5.74) is 1.97. The van der Waals surface area contributed by atoms with Gasteiger partial charge in [0, 0.05) is 40.7 Å². The summed E-state index contributed by atoms with van der Waals surface area (Å²) in [5, 5.41) is 17.2. The lowest BCUT2D eigenvalue weighted by molar-refractivity contribution is 0.0926. The topological polar surface area (TPSA) is 87.0 Å². The van der Waals surface area contributed by atoms with Crippen molar-refractivity contribution in [2.24, 2.45) is 0 Å². The fourth-order valence-electron chi connectivity index (χ4n) is 4.40. The molecule has 0 aliphatic rings. The van der Waals surface area contributed by atoms with Crippen molar-refractivity contribution in [3.8, 4) is 28.7 Å². The number of halogens is 2. The van der Waals surface area contributed by atoms with Crippen LogP contribution in [0, 0.1) is 11.3 Å². The predicted octanol–water partition coefficient (Wildman–Crippen LogP) is 7.40. The molecule has 0 spiro atoms. The maximum absolute atomic E-state index is 13.0. The molecule has 8 heteroatoms. The monoisotopic (exact) mass is 538 g/mol. The lowest BCUT2D eigenvalue weighted by Gasteiger charge is -2.31. The third-order valence-corrected chi connectivity index (χ3v) is 6.60. The zero-order chi connectivity index (χ0) is 27.0. The number of carbonyl (C=O) groups excluding carboxylic acids is 1. The van der Waals surface area contributed by atoms with Crippen molar-refractivity contribution in [1.29, 1.82) is 5.26 Å². The minimum Gasteiger partial charge on any atom is -0.454 e. The molecule has 0 radical (unpaired) electrons. The molecular weight excluding hydrogens is 507 g/mol. The van der Waals surface area contributed by atoms with E-state index in [0.717, 1.165) is 25.8 Å². The zero-order valence-corrected chi connectivity index (χ0v) is 23.1. The average molecular weight is 540 g/mol. The Morgan fingerprint density at radius 2 is 1.89 bits per heavy atom. The van der Waals surface area contributed by atoms with Crippen molar-refractivity contribution in [2.75, 3.05) is 6.54 Å². The van der Waals surface area contributed by atoms with Crippen molar-refractivity contribution in [3.05, 3.63) is 76.0 Å². The first-order valence-corrected chi connectivity index (χ1v) is 13.1. The number of pyridine rings is 1. The van der Waals surface area contributed by atoms with Crippen molar-refractivity contribution in [3.63, 3.8) is 0 Å². The van der Waals surface area contributed by atoms with Gasteiger partial charge in [-0.25, -0.2) is 0 Å². The normalized spacial score (nSPS) is 12.0. The van der Waals surface area contributed by atoms with Crippen LogP contribution in [0.15, 0.2) is 54.9 Å². The lowest BCUT2D eigenvalue weighted by atomic mass is 9.92. The van der Waals surface area contributed by atoms with Gasteiger partial charge in [0.15, 0.2) is 0 Å². The second-order valence-corrected chi connectivity index (χ2v) is 10.3. The van der Waals surface area contributed by atoms with Crippen LogP contribution in [0.5, 0.6) is 11.5 Å². The van der Waals surface area contributed by atoms with Gasteiger partial charge < -0.3 is 15.4 Å². The molecule has 0 bridgehead atoms. The van der Waals surface area contributed by atoms with Crippen LogP contribution in [0.25, 0.3) is 11.1 Å². The molecule has 1 unspecified atom stereocenters. The molecule has 1 heterocycles. The summed E-state index contributed by atoms with van der Waals surface area (Å²) < 4.78 is 6.03. The quantitative estimate of drug-likeness (QED) is 0.265. The van der Waals surface area contributed by atoms with Gasteiger partial charge in [-0.2, -0.15) is 5.26 Å². The van der Waals surface area contributed by atoms with Crippen LogP contribution in [0.1, 0.15) is 62.9 Å². The van der Waals surface area contributed by atoms with Gasteiger partial charge in [0.1, 0.15) is 23.1 Å². The number of carbonyl (C=O) groups is 1. The first kappa shape index (κ1) is 28.5. The molecule has 3 aromatic rings. The van der Waals surface area contributed by atoms with Crippen LogP contribution in [0.4, 0.5) is 0 Å². The summed E-state index contributed by atoms with van der Waals surface area (Å²) in [7, 11) is 0. The summed E-state index contributed by atoms with van der Waals surface area (Å²) in [6.45, 7) is 9.33. The van der Waals surface area contributed by atoms with E-state index in [1.807, 2.05) is 0 Å². The van der Waals surface area contributed by atoms with Gasteiger partial charge in [0.25, 0.3) is 5.91 Å². The second kappa shape index (κ2) is 12.9. The molecule has 0 saturated heterocycles. The van der Waals surface area contributed by atoms with Crippen molar-refractivity contribution >= 4 is 29.1 Å². The van der Waals surface area contributed by atoms with Crippen LogP contribution < -0.4 is 15.4 Å². The smallest absolute Gasteiger partial charge is 0.251 e. The number of nitriles is 1. The molecule has 6 nitrogen and oxygen atoms in total. The largest absolute Gasteiger partial charge is 0.454 e. The molecule has 2 aromatic carbocycles. The lowest BCUT2D eigenvalue weighted by Crippen LogP contribution is -2.46. The first-order chi connectivity index (χ1) is 17.7. The van der Waals surface area contributed by atoms with Gasteiger partial charge in [0.2, 0.25) is 0 Å². The number of ether oxygens (including phenoxy) is 1. The van der Waals surface area contributed by atoms with E-state index in [1.54, 1.807) is 48.7 Å². The molecule has 0 fully saturated rings. The number of benzene rings is 2. The van der Waals surface area contributed by atoms with Gasteiger partial charge in [-0.15, -0.1) is 0 Å². The number of rotatable bonds is 11. The minimum absolute atomic E-state index is 0.0298. The molecule has 1 atom stereocenters. The van der Waals surface area contributed by atoms with Crippen LogP contribution >= 0.6 is 23.2 Å². The van der Waals surface area contributed by atoms with E-state index in [9.17, 15) is 10.1 Å². The molecule has 2 N–H and O–H groups in total. The third kappa shape index (κ3) is 7.45. The van der Waals surface area contributed by atoms with Crippen molar-refractivity contribution in [2.45, 2.75) is 58.5 Å². The second-order valence-electron chi connectivity index (χ2n) is 9.47. The zero-order valence-electron chi connectivity index (χ0n) is 21.6.